The summed E-state index contributed by atoms with van der Waals surface area (Å²) >= 11 is 0. The maximum absolute atomic E-state index is 9.67. The van der Waals surface area contributed by atoms with Gasteiger partial charge in [-0.05, 0) is 24.7 Å². The van der Waals surface area contributed by atoms with Crippen molar-refractivity contribution in [3.63, 3.8) is 0 Å². The van der Waals surface area contributed by atoms with Crippen LogP contribution in [0.15, 0.2) is 0 Å². The lowest BCUT2D eigenvalue weighted by Gasteiger charge is -2.13. The third-order valence-electron chi connectivity index (χ3n) is 2.96. The van der Waals surface area contributed by atoms with Crippen LogP contribution in [0, 0.1) is 11.8 Å². The molecule has 0 bridgehead atoms. The quantitative estimate of drug-likeness (QED) is 0.633. The summed E-state index contributed by atoms with van der Waals surface area (Å²) < 4.78 is 5.39. The average molecular weight is 229 g/mol. The predicted octanol–water partition coefficient (Wildman–Crippen LogP) is 1.80. The number of nitrogens with one attached hydrogen (secondary N) is 1. The van der Waals surface area contributed by atoms with E-state index in [2.05, 4.69) is 26.1 Å². The zero-order valence-corrected chi connectivity index (χ0v) is 10.9. The summed E-state index contributed by atoms with van der Waals surface area (Å²) in [5, 5.41) is 13.1. The van der Waals surface area contributed by atoms with Crippen LogP contribution < -0.4 is 5.32 Å². The molecule has 3 nitrogen and oxygen atoms in total. The van der Waals surface area contributed by atoms with Gasteiger partial charge >= 0.3 is 0 Å². The lowest BCUT2D eigenvalue weighted by atomic mass is 10.2. The molecule has 3 unspecified atom stereocenters. The summed E-state index contributed by atoms with van der Waals surface area (Å²) in [7, 11) is 0. The Morgan fingerprint density at radius 1 is 1.38 bits per heavy atom. The van der Waals surface area contributed by atoms with Crippen LogP contribution in [0.5, 0.6) is 0 Å². The molecule has 1 rings (SSSR count). The Hall–Kier alpha value is -0.120. The van der Waals surface area contributed by atoms with Crippen LogP contribution in [0.3, 0.4) is 0 Å². The molecule has 1 aliphatic rings. The molecule has 3 atom stereocenters. The molecule has 0 heterocycles. The molecule has 0 spiro atoms. The summed E-state index contributed by atoms with van der Waals surface area (Å²) in [6.07, 6.45) is 3.51. The molecular formula is C13H27NO2. The minimum absolute atomic E-state index is 0.360. The molecule has 0 radical (unpaired) electrons. The van der Waals surface area contributed by atoms with Gasteiger partial charge in [0.15, 0.2) is 0 Å². The van der Waals surface area contributed by atoms with E-state index in [1.807, 2.05) is 0 Å². The van der Waals surface area contributed by atoms with Gasteiger partial charge in [-0.1, -0.05) is 27.2 Å². The fraction of sp³-hybridized carbons (Fsp3) is 1.00. The van der Waals surface area contributed by atoms with Crippen molar-refractivity contribution in [3.8, 4) is 0 Å². The zero-order valence-electron chi connectivity index (χ0n) is 10.9. The highest BCUT2D eigenvalue weighted by Gasteiger charge is 2.35. The molecule has 96 valence electrons. The fourth-order valence-corrected chi connectivity index (χ4v) is 1.97. The number of hydrogen-bond donors (Lipinski definition) is 2. The van der Waals surface area contributed by atoms with Crippen LogP contribution >= 0.6 is 0 Å². The molecular weight excluding hydrogens is 202 g/mol. The molecule has 0 aromatic rings. The van der Waals surface area contributed by atoms with E-state index in [9.17, 15) is 5.11 Å². The van der Waals surface area contributed by atoms with E-state index in [0.717, 1.165) is 12.5 Å². The van der Waals surface area contributed by atoms with Crippen LogP contribution in [0.4, 0.5) is 0 Å². The van der Waals surface area contributed by atoms with Gasteiger partial charge < -0.3 is 15.2 Å². The van der Waals surface area contributed by atoms with Gasteiger partial charge in [0.25, 0.3) is 0 Å². The average Bonchev–Trinajstić information content (AvgIpc) is 2.94. The minimum atomic E-state index is -0.360. The number of aliphatic hydroxyl groups excluding tert-OH is 1. The Labute approximate surface area is 99.6 Å². The van der Waals surface area contributed by atoms with Crippen LogP contribution in [-0.2, 0) is 4.74 Å². The van der Waals surface area contributed by atoms with Crippen molar-refractivity contribution in [1.82, 2.24) is 5.32 Å². The summed E-state index contributed by atoms with van der Waals surface area (Å²) in [6.45, 7) is 8.32. The van der Waals surface area contributed by atoms with Crippen molar-refractivity contribution in [3.05, 3.63) is 0 Å². The van der Waals surface area contributed by atoms with Crippen molar-refractivity contribution >= 4 is 0 Å². The molecule has 1 saturated carbocycles. The molecule has 16 heavy (non-hydrogen) atoms. The Kier molecular flexibility index (Phi) is 6.32. The third kappa shape index (κ3) is 5.83. The van der Waals surface area contributed by atoms with E-state index in [0.29, 0.717) is 25.1 Å². The summed E-state index contributed by atoms with van der Waals surface area (Å²) in [6, 6.07) is 0.652. The first-order chi connectivity index (χ1) is 7.63. The second kappa shape index (κ2) is 7.25. The highest BCUT2D eigenvalue weighted by Crippen LogP contribution is 2.34. The number of hydrogen-bond acceptors (Lipinski definition) is 3. The topological polar surface area (TPSA) is 41.5 Å². The van der Waals surface area contributed by atoms with E-state index >= 15 is 0 Å². The van der Waals surface area contributed by atoms with Gasteiger partial charge in [0, 0.05) is 19.2 Å². The molecule has 3 heteroatoms. The second-order valence-electron chi connectivity index (χ2n) is 5.38. The molecule has 0 saturated heterocycles. The van der Waals surface area contributed by atoms with Crippen molar-refractivity contribution < 1.29 is 9.84 Å². The number of ether oxygens (including phenoxy) is 1. The highest BCUT2D eigenvalue weighted by molar-refractivity contribution is 4.92. The zero-order chi connectivity index (χ0) is 12.0. The monoisotopic (exact) mass is 229 g/mol. The minimum Gasteiger partial charge on any atom is -0.389 e. The van der Waals surface area contributed by atoms with Gasteiger partial charge in [-0.15, -0.1) is 0 Å². The van der Waals surface area contributed by atoms with Gasteiger partial charge in [0.2, 0.25) is 0 Å². The van der Waals surface area contributed by atoms with Crippen molar-refractivity contribution in [2.75, 3.05) is 19.8 Å². The van der Waals surface area contributed by atoms with Gasteiger partial charge in [-0.3, -0.25) is 0 Å². The van der Waals surface area contributed by atoms with Gasteiger partial charge in [0.05, 0.1) is 12.7 Å². The van der Waals surface area contributed by atoms with E-state index in [-0.39, 0.29) is 6.10 Å². The Balaban J connectivity index is 1.93. The second-order valence-corrected chi connectivity index (χ2v) is 5.38. The standard InChI is InChI=1S/C13H27NO2/c1-4-5-11-6-13(11)14-7-12(15)9-16-8-10(2)3/h10-15H,4-9H2,1-3H3. The Morgan fingerprint density at radius 2 is 2.12 bits per heavy atom. The molecule has 1 aliphatic carbocycles. The highest BCUT2D eigenvalue weighted by atomic mass is 16.5. The lowest BCUT2D eigenvalue weighted by molar-refractivity contribution is 0.0259. The third-order valence-corrected chi connectivity index (χ3v) is 2.96. The van der Waals surface area contributed by atoms with Crippen molar-refractivity contribution in [1.29, 1.82) is 0 Å². The first-order valence-electron chi connectivity index (χ1n) is 6.62. The van der Waals surface area contributed by atoms with Crippen LogP contribution in [0.25, 0.3) is 0 Å². The van der Waals surface area contributed by atoms with E-state index < -0.39 is 0 Å². The van der Waals surface area contributed by atoms with Gasteiger partial charge in [0.1, 0.15) is 0 Å². The number of rotatable bonds is 9. The van der Waals surface area contributed by atoms with Gasteiger partial charge in [-0.25, -0.2) is 0 Å². The molecule has 0 amide bonds. The first-order valence-corrected chi connectivity index (χ1v) is 6.62. The smallest absolute Gasteiger partial charge is 0.0897 e. The first kappa shape index (κ1) is 13.9. The predicted molar refractivity (Wildman–Crippen MR) is 66.5 cm³/mol. The summed E-state index contributed by atoms with van der Waals surface area (Å²) in [5.74, 6) is 1.39. The molecule has 0 aliphatic heterocycles. The molecule has 2 N–H and O–H groups in total. The fourth-order valence-electron chi connectivity index (χ4n) is 1.97. The number of aliphatic hydroxyl groups is 1. The SMILES string of the molecule is CCCC1CC1NCC(O)COCC(C)C. The Morgan fingerprint density at radius 3 is 2.75 bits per heavy atom. The Bertz CT molecular complexity index is 185. The van der Waals surface area contributed by atoms with E-state index in [1.54, 1.807) is 0 Å². The van der Waals surface area contributed by atoms with Crippen molar-refractivity contribution in [2.45, 2.75) is 52.2 Å². The molecule has 0 aromatic heterocycles. The van der Waals surface area contributed by atoms with Crippen LogP contribution in [-0.4, -0.2) is 37.0 Å². The van der Waals surface area contributed by atoms with Crippen molar-refractivity contribution in [2.24, 2.45) is 11.8 Å². The lowest BCUT2D eigenvalue weighted by Crippen LogP contribution is -2.32. The van der Waals surface area contributed by atoms with Gasteiger partial charge in [-0.2, -0.15) is 0 Å². The molecule has 1 fully saturated rings. The summed E-state index contributed by atoms with van der Waals surface area (Å²) in [4.78, 5) is 0. The normalized spacial score (nSPS) is 26.1. The van der Waals surface area contributed by atoms with E-state index in [4.69, 9.17) is 4.74 Å². The van der Waals surface area contributed by atoms with Crippen LogP contribution in [0.2, 0.25) is 0 Å². The molecule has 0 aromatic carbocycles. The maximum atomic E-state index is 9.67. The summed E-state index contributed by atoms with van der Waals surface area (Å²) in [5.41, 5.74) is 0. The van der Waals surface area contributed by atoms with Crippen LogP contribution in [0.1, 0.15) is 40.0 Å². The largest absolute Gasteiger partial charge is 0.389 e. The maximum Gasteiger partial charge on any atom is 0.0897 e. The van der Waals surface area contributed by atoms with E-state index in [1.165, 1.54) is 19.3 Å².